The molecular formula is C21H17BrClNO6S. The second kappa shape index (κ2) is 10.2. The molecule has 31 heavy (non-hydrogen) atoms. The number of benzene rings is 2. The lowest BCUT2D eigenvalue weighted by atomic mass is 10.1. The van der Waals surface area contributed by atoms with E-state index in [0.29, 0.717) is 33.2 Å². The molecule has 1 aliphatic rings. The summed E-state index contributed by atoms with van der Waals surface area (Å²) in [7, 11) is 2.70. The van der Waals surface area contributed by atoms with Crippen molar-refractivity contribution in [3.63, 3.8) is 0 Å². The molecule has 7 nitrogen and oxygen atoms in total. The average molecular weight is 527 g/mol. The van der Waals surface area contributed by atoms with E-state index in [0.717, 1.165) is 22.2 Å². The highest BCUT2D eigenvalue weighted by molar-refractivity contribution is 9.10. The fourth-order valence-electron chi connectivity index (χ4n) is 2.68. The number of amides is 2. The highest BCUT2D eigenvalue weighted by atomic mass is 79.9. The van der Waals surface area contributed by atoms with Gasteiger partial charge in [0.25, 0.3) is 11.1 Å². The van der Waals surface area contributed by atoms with E-state index in [1.165, 1.54) is 14.2 Å². The van der Waals surface area contributed by atoms with Crippen molar-refractivity contribution in [1.29, 1.82) is 0 Å². The Morgan fingerprint density at radius 2 is 1.90 bits per heavy atom. The summed E-state index contributed by atoms with van der Waals surface area (Å²) < 4.78 is 16.5. The highest BCUT2D eigenvalue weighted by Crippen LogP contribution is 2.39. The van der Waals surface area contributed by atoms with Gasteiger partial charge in [0.1, 0.15) is 13.2 Å². The van der Waals surface area contributed by atoms with Crippen molar-refractivity contribution >= 4 is 62.5 Å². The molecule has 1 saturated heterocycles. The molecule has 10 heteroatoms. The average Bonchev–Trinajstić information content (AvgIpc) is 3.01. The van der Waals surface area contributed by atoms with Crippen molar-refractivity contribution in [1.82, 2.24) is 4.90 Å². The number of rotatable bonds is 7. The minimum Gasteiger partial charge on any atom is -0.493 e. The summed E-state index contributed by atoms with van der Waals surface area (Å²) in [5, 5.41) is 0.110. The molecule has 0 spiro atoms. The Labute approximate surface area is 196 Å². The third-order valence-electron chi connectivity index (χ3n) is 4.23. The topological polar surface area (TPSA) is 82.1 Å². The van der Waals surface area contributed by atoms with Crippen molar-refractivity contribution < 1.29 is 28.6 Å². The smallest absolute Gasteiger partial charge is 0.325 e. The molecule has 2 aromatic rings. The van der Waals surface area contributed by atoms with Gasteiger partial charge in [0.05, 0.1) is 23.6 Å². The van der Waals surface area contributed by atoms with Crippen LogP contribution in [0.2, 0.25) is 5.02 Å². The number of hydrogen-bond acceptors (Lipinski definition) is 7. The van der Waals surface area contributed by atoms with Crippen LogP contribution >= 0.6 is 39.3 Å². The zero-order valence-corrected chi connectivity index (χ0v) is 19.7. The number of hydrogen-bond donors (Lipinski definition) is 0. The molecule has 0 aromatic heterocycles. The van der Waals surface area contributed by atoms with Gasteiger partial charge in [0, 0.05) is 5.02 Å². The first kappa shape index (κ1) is 23.2. The Hall–Kier alpha value is -2.49. The third kappa shape index (κ3) is 5.61. The molecule has 1 aliphatic heterocycles. The number of ether oxygens (including phenoxy) is 3. The predicted octanol–water partition coefficient (Wildman–Crippen LogP) is 4.90. The lowest BCUT2D eigenvalue weighted by molar-refractivity contribution is -0.143. The number of nitrogens with zero attached hydrogens (tertiary/aromatic N) is 1. The molecule has 0 bridgehead atoms. The maximum atomic E-state index is 12.5. The van der Waals surface area contributed by atoms with Crippen LogP contribution in [0.1, 0.15) is 11.1 Å². The molecule has 0 unspecified atom stereocenters. The largest absolute Gasteiger partial charge is 0.493 e. The van der Waals surface area contributed by atoms with Gasteiger partial charge in [-0.25, -0.2) is 0 Å². The summed E-state index contributed by atoms with van der Waals surface area (Å²) in [6, 6.07) is 10.7. The molecule has 1 heterocycles. The molecule has 0 saturated carbocycles. The molecule has 3 rings (SSSR count). The second-order valence-corrected chi connectivity index (χ2v) is 8.58. The van der Waals surface area contributed by atoms with Crippen molar-refractivity contribution in [2.75, 3.05) is 20.8 Å². The standard InChI is InChI=1S/C21H17BrClNO6S/c1-28-16-8-13(9-17-20(26)24(21(27)31-17)10-18(25)29-2)7-15(22)19(16)30-11-12-3-5-14(23)6-4-12/h3-9H,10-11H2,1-2H3/b17-9-. The van der Waals surface area contributed by atoms with Gasteiger partial charge in [0.2, 0.25) is 0 Å². The molecular weight excluding hydrogens is 510 g/mol. The maximum absolute atomic E-state index is 12.5. The fraction of sp³-hybridized carbons (Fsp3) is 0.190. The molecule has 2 aromatic carbocycles. The van der Waals surface area contributed by atoms with Crippen LogP contribution in [0.25, 0.3) is 6.08 Å². The van der Waals surface area contributed by atoms with Gasteiger partial charge in [-0.05, 0) is 69.2 Å². The Balaban J connectivity index is 1.80. The molecule has 0 N–H and O–H groups in total. The van der Waals surface area contributed by atoms with Crippen molar-refractivity contribution in [3.8, 4) is 11.5 Å². The first-order valence-electron chi connectivity index (χ1n) is 8.89. The van der Waals surface area contributed by atoms with E-state index >= 15 is 0 Å². The molecule has 2 amide bonds. The first-order chi connectivity index (χ1) is 14.8. The van der Waals surface area contributed by atoms with Gasteiger partial charge >= 0.3 is 5.97 Å². The van der Waals surface area contributed by atoms with Gasteiger partial charge in [-0.15, -0.1) is 0 Å². The van der Waals surface area contributed by atoms with Crippen molar-refractivity contribution in [3.05, 3.63) is 61.9 Å². The van der Waals surface area contributed by atoms with Gasteiger partial charge in [-0.3, -0.25) is 19.3 Å². The third-order valence-corrected chi connectivity index (χ3v) is 5.98. The molecule has 1 fully saturated rings. The van der Waals surface area contributed by atoms with E-state index in [4.69, 9.17) is 21.1 Å². The molecule has 162 valence electrons. The van der Waals surface area contributed by atoms with Crippen LogP contribution in [-0.2, 0) is 20.9 Å². The summed E-state index contributed by atoms with van der Waals surface area (Å²) in [5.74, 6) is -0.287. The zero-order chi connectivity index (χ0) is 22.5. The lowest BCUT2D eigenvalue weighted by Crippen LogP contribution is -2.34. The van der Waals surface area contributed by atoms with Gasteiger partial charge in [-0.1, -0.05) is 23.7 Å². The minimum atomic E-state index is -0.671. The summed E-state index contributed by atoms with van der Waals surface area (Å²) in [6.07, 6.45) is 1.55. The number of methoxy groups -OCH3 is 2. The van der Waals surface area contributed by atoms with Crippen LogP contribution in [0.15, 0.2) is 45.8 Å². The van der Waals surface area contributed by atoms with Gasteiger partial charge in [0.15, 0.2) is 11.5 Å². The fourth-order valence-corrected chi connectivity index (χ4v) is 4.22. The number of carbonyl (C=O) groups is 3. The van der Waals surface area contributed by atoms with Crippen molar-refractivity contribution in [2.24, 2.45) is 0 Å². The predicted molar refractivity (Wildman–Crippen MR) is 121 cm³/mol. The Kier molecular flexibility index (Phi) is 7.64. The Bertz CT molecular complexity index is 1060. The molecule has 0 atom stereocenters. The number of imide groups is 1. The van der Waals surface area contributed by atoms with Crippen LogP contribution in [0.5, 0.6) is 11.5 Å². The lowest BCUT2D eigenvalue weighted by Gasteiger charge is -2.14. The Morgan fingerprint density at radius 1 is 1.19 bits per heavy atom. The second-order valence-electron chi connectivity index (χ2n) is 6.29. The van der Waals surface area contributed by atoms with E-state index in [1.807, 2.05) is 12.1 Å². The van der Waals surface area contributed by atoms with E-state index in [9.17, 15) is 14.4 Å². The highest BCUT2D eigenvalue weighted by Gasteiger charge is 2.36. The normalized spacial score (nSPS) is 14.8. The van der Waals surface area contributed by atoms with Crippen LogP contribution in [0, 0.1) is 0 Å². The van der Waals surface area contributed by atoms with Crippen LogP contribution in [0.4, 0.5) is 4.79 Å². The summed E-state index contributed by atoms with van der Waals surface area (Å²) >= 11 is 10.1. The van der Waals surface area contributed by atoms with E-state index in [1.54, 1.807) is 30.3 Å². The van der Waals surface area contributed by atoms with Gasteiger partial charge < -0.3 is 14.2 Å². The molecule has 0 aliphatic carbocycles. The molecule has 0 radical (unpaired) electrons. The zero-order valence-electron chi connectivity index (χ0n) is 16.5. The minimum absolute atomic E-state index is 0.192. The maximum Gasteiger partial charge on any atom is 0.325 e. The van der Waals surface area contributed by atoms with E-state index < -0.39 is 23.7 Å². The number of halogens is 2. The Morgan fingerprint density at radius 3 is 2.55 bits per heavy atom. The van der Waals surface area contributed by atoms with Crippen LogP contribution in [0.3, 0.4) is 0 Å². The first-order valence-corrected chi connectivity index (χ1v) is 10.9. The van der Waals surface area contributed by atoms with Crippen LogP contribution in [-0.4, -0.2) is 42.8 Å². The number of esters is 1. The summed E-state index contributed by atoms with van der Waals surface area (Å²) in [4.78, 5) is 37.0. The SMILES string of the molecule is COC(=O)CN1C(=O)S/C(=C\c2cc(Br)c(OCc3ccc(Cl)cc3)c(OC)c2)C1=O. The number of carbonyl (C=O) groups excluding carboxylic acids is 3. The monoisotopic (exact) mass is 525 g/mol. The summed E-state index contributed by atoms with van der Waals surface area (Å²) in [6.45, 7) is -0.124. The van der Waals surface area contributed by atoms with E-state index in [-0.39, 0.29) is 4.91 Å². The quantitative estimate of drug-likeness (QED) is 0.375. The van der Waals surface area contributed by atoms with E-state index in [2.05, 4.69) is 20.7 Å². The van der Waals surface area contributed by atoms with Gasteiger partial charge in [-0.2, -0.15) is 0 Å². The van der Waals surface area contributed by atoms with Crippen LogP contribution < -0.4 is 9.47 Å². The summed E-state index contributed by atoms with van der Waals surface area (Å²) in [5.41, 5.74) is 1.55. The number of thioether (sulfide) groups is 1. The van der Waals surface area contributed by atoms with Crippen molar-refractivity contribution in [2.45, 2.75) is 6.61 Å².